The molecular formula is C14H9F3O2. The number of ketones is 1. The predicted molar refractivity (Wildman–Crippen MR) is 62.8 cm³/mol. The standard InChI is InChI=1S/C14H9F3O2/c1-8(18)12-3-2-4-13(17)14(12)19-11-6-9(15)5-10(16)7-11/h2-7H,1H3. The number of halogens is 3. The predicted octanol–water partition coefficient (Wildman–Crippen LogP) is 4.10. The van der Waals surface area contributed by atoms with Gasteiger partial charge in [0.1, 0.15) is 17.4 Å². The van der Waals surface area contributed by atoms with Gasteiger partial charge in [-0.05, 0) is 19.1 Å². The Morgan fingerprint density at radius 3 is 2.26 bits per heavy atom. The molecule has 0 bridgehead atoms. The lowest BCUT2D eigenvalue weighted by atomic mass is 10.1. The first-order valence-corrected chi connectivity index (χ1v) is 5.41. The van der Waals surface area contributed by atoms with E-state index in [0.717, 1.165) is 18.2 Å². The van der Waals surface area contributed by atoms with E-state index in [2.05, 4.69) is 0 Å². The summed E-state index contributed by atoms with van der Waals surface area (Å²) in [6, 6.07) is 6.29. The molecule has 0 N–H and O–H groups in total. The fourth-order valence-electron chi connectivity index (χ4n) is 1.60. The Balaban J connectivity index is 2.45. The number of Topliss-reactive ketones (excluding diaryl/α,β-unsaturated/α-hetero) is 1. The summed E-state index contributed by atoms with van der Waals surface area (Å²) in [5.74, 6) is -3.46. The molecule has 0 saturated carbocycles. The van der Waals surface area contributed by atoms with Gasteiger partial charge >= 0.3 is 0 Å². The van der Waals surface area contributed by atoms with Crippen molar-refractivity contribution in [2.24, 2.45) is 0 Å². The number of ether oxygens (including phenoxy) is 1. The Bertz CT molecular complexity index is 618. The van der Waals surface area contributed by atoms with Gasteiger partial charge < -0.3 is 4.74 Å². The van der Waals surface area contributed by atoms with Crippen LogP contribution in [0.3, 0.4) is 0 Å². The van der Waals surface area contributed by atoms with Crippen molar-refractivity contribution in [3.05, 3.63) is 59.4 Å². The van der Waals surface area contributed by atoms with Gasteiger partial charge in [-0.25, -0.2) is 13.2 Å². The first-order chi connectivity index (χ1) is 8.97. The van der Waals surface area contributed by atoms with Crippen molar-refractivity contribution in [2.75, 3.05) is 0 Å². The van der Waals surface area contributed by atoms with Crippen LogP contribution < -0.4 is 4.74 Å². The van der Waals surface area contributed by atoms with Crippen molar-refractivity contribution in [3.63, 3.8) is 0 Å². The van der Waals surface area contributed by atoms with Gasteiger partial charge in [-0.15, -0.1) is 0 Å². The van der Waals surface area contributed by atoms with Crippen LogP contribution in [-0.4, -0.2) is 5.78 Å². The minimum absolute atomic E-state index is 0.00432. The molecule has 2 nitrogen and oxygen atoms in total. The lowest BCUT2D eigenvalue weighted by Gasteiger charge is -2.10. The van der Waals surface area contributed by atoms with Crippen LogP contribution in [0.1, 0.15) is 17.3 Å². The first-order valence-electron chi connectivity index (χ1n) is 5.41. The summed E-state index contributed by atoms with van der Waals surface area (Å²) in [5.41, 5.74) is 0.00432. The average molecular weight is 266 g/mol. The highest BCUT2D eigenvalue weighted by Crippen LogP contribution is 2.29. The zero-order valence-corrected chi connectivity index (χ0v) is 9.91. The van der Waals surface area contributed by atoms with E-state index in [-0.39, 0.29) is 17.1 Å². The number of rotatable bonds is 3. The highest BCUT2D eigenvalue weighted by molar-refractivity contribution is 5.96. The van der Waals surface area contributed by atoms with E-state index in [9.17, 15) is 18.0 Å². The molecular weight excluding hydrogens is 257 g/mol. The van der Waals surface area contributed by atoms with Crippen LogP contribution in [0.2, 0.25) is 0 Å². The molecule has 0 spiro atoms. The number of hydrogen-bond donors (Lipinski definition) is 0. The summed E-state index contributed by atoms with van der Waals surface area (Å²) in [6.45, 7) is 1.24. The fraction of sp³-hybridized carbons (Fsp3) is 0.0714. The highest BCUT2D eigenvalue weighted by atomic mass is 19.1. The van der Waals surface area contributed by atoms with Crippen LogP contribution in [0.15, 0.2) is 36.4 Å². The molecule has 0 amide bonds. The van der Waals surface area contributed by atoms with E-state index in [1.807, 2.05) is 0 Å². The Kier molecular flexibility index (Phi) is 3.55. The lowest BCUT2D eigenvalue weighted by Crippen LogP contribution is -2.00. The van der Waals surface area contributed by atoms with Gasteiger partial charge in [0.2, 0.25) is 0 Å². The van der Waals surface area contributed by atoms with E-state index >= 15 is 0 Å². The van der Waals surface area contributed by atoms with E-state index < -0.39 is 23.2 Å². The van der Waals surface area contributed by atoms with Crippen molar-refractivity contribution < 1.29 is 22.7 Å². The number of benzene rings is 2. The molecule has 0 radical (unpaired) electrons. The van der Waals surface area contributed by atoms with Crippen LogP contribution in [0.5, 0.6) is 11.5 Å². The summed E-state index contributed by atoms with van der Waals surface area (Å²) in [5, 5.41) is 0. The van der Waals surface area contributed by atoms with Crippen LogP contribution in [0.25, 0.3) is 0 Å². The molecule has 98 valence electrons. The quantitative estimate of drug-likeness (QED) is 0.782. The molecule has 5 heteroatoms. The summed E-state index contributed by atoms with van der Waals surface area (Å²) in [6.07, 6.45) is 0. The largest absolute Gasteiger partial charge is 0.453 e. The zero-order valence-electron chi connectivity index (χ0n) is 9.91. The molecule has 0 saturated heterocycles. The van der Waals surface area contributed by atoms with E-state index in [4.69, 9.17) is 4.74 Å². The summed E-state index contributed by atoms with van der Waals surface area (Å²) >= 11 is 0. The lowest BCUT2D eigenvalue weighted by molar-refractivity contribution is 0.101. The van der Waals surface area contributed by atoms with Crippen molar-refractivity contribution in [1.29, 1.82) is 0 Å². The molecule has 0 aliphatic carbocycles. The molecule has 0 aromatic heterocycles. The van der Waals surface area contributed by atoms with Crippen LogP contribution >= 0.6 is 0 Å². The van der Waals surface area contributed by atoms with E-state index in [1.54, 1.807) is 0 Å². The Labute approximate surface area is 107 Å². The maximum atomic E-state index is 13.6. The minimum atomic E-state index is -0.851. The fourth-order valence-corrected chi connectivity index (χ4v) is 1.60. The number of hydrogen-bond acceptors (Lipinski definition) is 2. The van der Waals surface area contributed by atoms with Crippen LogP contribution in [0, 0.1) is 17.5 Å². The smallest absolute Gasteiger partial charge is 0.173 e. The molecule has 0 unspecified atom stereocenters. The van der Waals surface area contributed by atoms with Crippen molar-refractivity contribution in [3.8, 4) is 11.5 Å². The van der Waals surface area contributed by atoms with Gasteiger partial charge in [-0.1, -0.05) is 6.07 Å². The van der Waals surface area contributed by atoms with Gasteiger partial charge in [0.25, 0.3) is 0 Å². The first kappa shape index (κ1) is 13.1. The number of para-hydroxylation sites is 1. The van der Waals surface area contributed by atoms with Gasteiger partial charge in [0, 0.05) is 18.2 Å². The second-order valence-electron chi connectivity index (χ2n) is 3.88. The van der Waals surface area contributed by atoms with E-state index in [1.165, 1.54) is 19.1 Å². The Morgan fingerprint density at radius 1 is 1.05 bits per heavy atom. The molecule has 0 aliphatic rings. The van der Waals surface area contributed by atoms with E-state index in [0.29, 0.717) is 6.07 Å². The second kappa shape index (κ2) is 5.14. The summed E-state index contributed by atoms with van der Waals surface area (Å²) in [7, 11) is 0. The molecule has 0 atom stereocenters. The minimum Gasteiger partial charge on any atom is -0.453 e. The molecule has 0 fully saturated rings. The molecule has 2 rings (SSSR count). The summed E-state index contributed by atoms with van der Waals surface area (Å²) in [4.78, 5) is 11.3. The third-order valence-electron chi connectivity index (χ3n) is 2.40. The zero-order chi connectivity index (χ0) is 14.0. The van der Waals surface area contributed by atoms with Gasteiger partial charge in [-0.2, -0.15) is 0 Å². The SMILES string of the molecule is CC(=O)c1cccc(F)c1Oc1cc(F)cc(F)c1. The molecule has 2 aromatic rings. The maximum absolute atomic E-state index is 13.6. The van der Waals surface area contributed by atoms with Crippen molar-refractivity contribution in [2.45, 2.75) is 6.92 Å². The van der Waals surface area contributed by atoms with Gasteiger partial charge in [0.15, 0.2) is 17.3 Å². The molecule has 0 heterocycles. The summed E-state index contributed by atoms with van der Waals surface area (Å²) < 4.78 is 44.7. The topological polar surface area (TPSA) is 26.3 Å². The molecule has 2 aromatic carbocycles. The van der Waals surface area contributed by atoms with Crippen molar-refractivity contribution in [1.82, 2.24) is 0 Å². The average Bonchev–Trinajstić information content (AvgIpc) is 2.30. The third kappa shape index (κ3) is 2.93. The Morgan fingerprint density at radius 2 is 1.68 bits per heavy atom. The number of carbonyl (C=O) groups is 1. The normalized spacial score (nSPS) is 10.3. The van der Waals surface area contributed by atoms with Gasteiger partial charge in [-0.3, -0.25) is 4.79 Å². The highest BCUT2D eigenvalue weighted by Gasteiger charge is 2.15. The van der Waals surface area contributed by atoms with Crippen LogP contribution in [-0.2, 0) is 0 Å². The third-order valence-corrected chi connectivity index (χ3v) is 2.40. The maximum Gasteiger partial charge on any atom is 0.173 e. The van der Waals surface area contributed by atoms with Crippen molar-refractivity contribution >= 4 is 5.78 Å². The monoisotopic (exact) mass is 266 g/mol. The molecule has 19 heavy (non-hydrogen) atoms. The second-order valence-corrected chi connectivity index (χ2v) is 3.88. The Hall–Kier alpha value is -2.30. The van der Waals surface area contributed by atoms with Crippen LogP contribution in [0.4, 0.5) is 13.2 Å². The number of carbonyl (C=O) groups excluding carboxylic acids is 1. The van der Waals surface area contributed by atoms with Gasteiger partial charge in [0.05, 0.1) is 5.56 Å². The molecule has 0 aliphatic heterocycles.